The average Bonchev–Trinajstić information content (AvgIpc) is 2.33. The Bertz CT molecular complexity index is 565. The lowest BCUT2D eigenvalue weighted by molar-refractivity contribution is 0.0697. The summed E-state index contributed by atoms with van der Waals surface area (Å²) in [5.74, 6) is -3.49. The van der Waals surface area contributed by atoms with Crippen LogP contribution in [0.15, 0.2) is 42.5 Å². The third-order valence-electron chi connectivity index (χ3n) is 2.39. The van der Waals surface area contributed by atoms with E-state index in [1.54, 1.807) is 18.2 Å². The van der Waals surface area contributed by atoms with E-state index in [9.17, 15) is 13.6 Å². The molecule has 0 aliphatic rings. The monoisotopic (exact) mass is 234 g/mol. The van der Waals surface area contributed by atoms with E-state index < -0.39 is 17.6 Å². The fourth-order valence-corrected chi connectivity index (χ4v) is 1.62. The highest BCUT2D eigenvalue weighted by Gasteiger charge is 2.19. The summed E-state index contributed by atoms with van der Waals surface area (Å²) in [5, 5.41) is 8.95. The molecule has 2 rings (SSSR count). The molecule has 2 aromatic rings. The number of carboxylic acid groups (broad SMARTS) is 1. The second kappa shape index (κ2) is 4.33. The first-order valence-electron chi connectivity index (χ1n) is 4.88. The van der Waals surface area contributed by atoms with Crippen molar-refractivity contribution in [1.29, 1.82) is 0 Å². The van der Waals surface area contributed by atoms with Crippen LogP contribution in [0.2, 0.25) is 0 Å². The lowest BCUT2D eigenvalue weighted by Gasteiger charge is -2.08. The predicted octanol–water partition coefficient (Wildman–Crippen LogP) is 3.33. The van der Waals surface area contributed by atoms with Crippen molar-refractivity contribution in [2.24, 2.45) is 0 Å². The van der Waals surface area contributed by atoms with Gasteiger partial charge in [0, 0.05) is 5.56 Å². The molecule has 0 heterocycles. The summed E-state index contributed by atoms with van der Waals surface area (Å²) >= 11 is 0. The molecule has 0 aliphatic heterocycles. The van der Waals surface area contributed by atoms with Crippen molar-refractivity contribution in [2.45, 2.75) is 0 Å². The minimum atomic E-state index is -1.29. The van der Waals surface area contributed by atoms with Crippen LogP contribution in [0.4, 0.5) is 8.78 Å². The average molecular weight is 234 g/mol. The summed E-state index contributed by atoms with van der Waals surface area (Å²) in [4.78, 5) is 11.0. The standard InChI is InChI=1S/C13H8F2O2/c14-10-7-6-9(13(16)17)11(12(10)15)8-4-2-1-3-5-8/h1-7H,(H,16,17). The molecule has 0 aromatic heterocycles. The molecule has 0 saturated carbocycles. The van der Waals surface area contributed by atoms with Gasteiger partial charge in [-0.2, -0.15) is 0 Å². The van der Waals surface area contributed by atoms with Gasteiger partial charge in [0.15, 0.2) is 11.6 Å². The van der Waals surface area contributed by atoms with Crippen molar-refractivity contribution < 1.29 is 18.7 Å². The molecule has 4 heteroatoms. The largest absolute Gasteiger partial charge is 0.478 e. The number of hydrogen-bond donors (Lipinski definition) is 1. The van der Waals surface area contributed by atoms with Crippen LogP contribution >= 0.6 is 0 Å². The van der Waals surface area contributed by atoms with Crippen molar-refractivity contribution in [2.75, 3.05) is 0 Å². The molecule has 17 heavy (non-hydrogen) atoms. The summed E-state index contributed by atoms with van der Waals surface area (Å²) in [6, 6.07) is 9.90. The van der Waals surface area contributed by atoms with Crippen LogP contribution in [-0.2, 0) is 0 Å². The van der Waals surface area contributed by atoms with Gasteiger partial charge in [0.2, 0.25) is 0 Å². The Morgan fingerprint density at radius 2 is 1.65 bits per heavy atom. The third-order valence-corrected chi connectivity index (χ3v) is 2.39. The highest BCUT2D eigenvalue weighted by atomic mass is 19.2. The number of carboxylic acids is 1. The molecule has 0 spiro atoms. The van der Waals surface area contributed by atoms with Gasteiger partial charge >= 0.3 is 5.97 Å². The van der Waals surface area contributed by atoms with Crippen LogP contribution in [0.3, 0.4) is 0 Å². The van der Waals surface area contributed by atoms with Crippen LogP contribution in [0.25, 0.3) is 11.1 Å². The third kappa shape index (κ3) is 2.01. The van der Waals surface area contributed by atoms with Crippen molar-refractivity contribution in [3.8, 4) is 11.1 Å². The molecule has 0 unspecified atom stereocenters. The molecule has 0 aliphatic carbocycles. The van der Waals surface area contributed by atoms with Gasteiger partial charge in [-0.05, 0) is 17.7 Å². The van der Waals surface area contributed by atoms with E-state index in [1.807, 2.05) is 0 Å². The summed E-state index contributed by atoms with van der Waals surface area (Å²) in [7, 11) is 0. The first kappa shape index (κ1) is 11.3. The fourth-order valence-electron chi connectivity index (χ4n) is 1.62. The highest BCUT2D eigenvalue weighted by Crippen LogP contribution is 2.28. The van der Waals surface area contributed by atoms with Crippen LogP contribution in [0.1, 0.15) is 10.4 Å². The van der Waals surface area contributed by atoms with Crippen molar-refractivity contribution in [3.63, 3.8) is 0 Å². The molecule has 0 atom stereocenters. The minimum Gasteiger partial charge on any atom is -0.478 e. The summed E-state index contributed by atoms with van der Waals surface area (Å²) < 4.78 is 26.8. The van der Waals surface area contributed by atoms with E-state index in [4.69, 9.17) is 5.11 Å². The summed E-state index contributed by atoms with van der Waals surface area (Å²) in [6.07, 6.45) is 0. The van der Waals surface area contributed by atoms with Gasteiger partial charge in [-0.25, -0.2) is 13.6 Å². The molecule has 86 valence electrons. The van der Waals surface area contributed by atoms with E-state index >= 15 is 0 Å². The van der Waals surface area contributed by atoms with Gasteiger partial charge in [0.05, 0.1) is 5.56 Å². The first-order valence-corrected chi connectivity index (χ1v) is 4.88. The topological polar surface area (TPSA) is 37.3 Å². The van der Waals surface area contributed by atoms with Gasteiger partial charge < -0.3 is 5.11 Å². The Morgan fingerprint density at radius 1 is 1.00 bits per heavy atom. The van der Waals surface area contributed by atoms with E-state index in [2.05, 4.69) is 0 Å². The molecule has 0 fully saturated rings. The van der Waals surface area contributed by atoms with Crippen molar-refractivity contribution in [3.05, 3.63) is 59.7 Å². The molecular formula is C13H8F2O2. The van der Waals surface area contributed by atoms with Crippen molar-refractivity contribution >= 4 is 5.97 Å². The number of benzene rings is 2. The Morgan fingerprint density at radius 3 is 2.24 bits per heavy atom. The van der Waals surface area contributed by atoms with Gasteiger partial charge in [0.1, 0.15) is 0 Å². The molecule has 2 aromatic carbocycles. The minimum absolute atomic E-state index is 0.224. The van der Waals surface area contributed by atoms with Crippen molar-refractivity contribution in [1.82, 2.24) is 0 Å². The summed E-state index contributed by atoms with van der Waals surface area (Å²) in [6.45, 7) is 0. The lowest BCUT2D eigenvalue weighted by Crippen LogP contribution is -2.03. The molecule has 0 bridgehead atoms. The summed E-state index contributed by atoms with van der Waals surface area (Å²) in [5.41, 5.74) is -0.143. The fraction of sp³-hybridized carbons (Fsp3) is 0. The Hall–Kier alpha value is -2.23. The highest BCUT2D eigenvalue weighted by molar-refractivity contribution is 5.96. The van der Waals surface area contributed by atoms with Gasteiger partial charge in [0.25, 0.3) is 0 Å². The van der Waals surface area contributed by atoms with Crippen LogP contribution in [0, 0.1) is 11.6 Å². The lowest BCUT2D eigenvalue weighted by atomic mass is 9.99. The van der Waals surface area contributed by atoms with Gasteiger partial charge in [-0.15, -0.1) is 0 Å². The molecule has 2 nitrogen and oxygen atoms in total. The quantitative estimate of drug-likeness (QED) is 0.865. The first-order chi connectivity index (χ1) is 8.11. The number of aromatic carboxylic acids is 1. The Balaban J connectivity index is 2.74. The maximum absolute atomic E-state index is 13.7. The van der Waals surface area contributed by atoms with E-state index in [0.29, 0.717) is 5.56 Å². The van der Waals surface area contributed by atoms with Gasteiger partial charge in [-0.3, -0.25) is 0 Å². The molecule has 0 saturated heterocycles. The second-order valence-electron chi connectivity index (χ2n) is 3.46. The van der Waals surface area contributed by atoms with E-state index in [-0.39, 0.29) is 11.1 Å². The maximum Gasteiger partial charge on any atom is 0.336 e. The zero-order valence-corrected chi connectivity index (χ0v) is 8.65. The smallest absolute Gasteiger partial charge is 0.336 e. The number of halogens is 2. The van der Waals surface area contributed by atoms with Crippen LogP contribution < -0.4 is 0 Å². The predicted molar refractivity (Wildman–Crippen MR) is 58.8 cm³/mol. The SMILES string of the molecule is O=C(O)c1ccc(F)c(F)c1-c1ccccc1. The molecule has 0 radical (unpaired) electrons. The number of carbonyl (C=O) groups is 1. The molecule has 1 N–H and O–H groups in total. The molecular weight excluding hydrogens is 226 g/mol. The van der Waals surface area contributed by atoms with E-state index in [0.717, 1.165) is 12.1 Å². The molecule has 0 amide bonds. The number of hydrogen-bond acceptors (Lipinski definition) is 1. The Kier molecular flexibility index (Phi) is 2.87. The van der Waals surface area contributed by atoms with E-state index in [1.165, 1.54) is 12.1 Å². The zero-order valence-electron chi connectivity index (χ0n) is 8.65. The van der Waals surface area contributed by atoms with Gasteiger partial charge in [-0.1, -0.05) is 30.3 Å². The normalized spacial score (nSPS) is 10.2. The number of rotatable bonds is 2. The second-order valence-corrected chi connectivity index (χ2v) is 3.46. The zero-order chi connectivity index (χ0) is 12.4. The van der Waals surface area contributed by atoms with Crippen LogP contribution in [0.5, 0.6) is 0 Å². The Labute approximate surface area is 96.1 Å². The maximum atomic E-state index is 13.7. The van der Waals surface area contributed by atoms with Crippen LogP contribution in [-0.4, -0.2) is 11.1 Å².